The Balaban J connectivity index is 1.09. The van der Waals surface area contributed by atoms with Crippen LogP contribution in [0.4, 0.5) is 5.69 Å². The van der Waals surface area contributed by atoms with E-state index in [1.165, 1.54) is 29.2 Å². The fourth-order valence-corrected chi connectivity index (χ4v) is 5.26. The van der Waals surface area contributed by atoms with Gasteiger partial charge in [0.15, 0.2) is 0 Å². The Morgan fingerprint density at radius 2 is 1.68 bits per heavy atom. The second-order valence-corrected chi connectivity index (χ2v) is 9.14. The van der Waals surface area contributed by atoms with Crippen molar-refractivity contribution in [1.82, 2.24) is 4.90 Å². The first-order chi connectivity index (χ1) is 12.3. The SMILES string of the molecule is c1ccc(N2CC(Sc3ccc(CN4CC5(COC5)C4)cc3)C2)cc1. The smallest absolute Gasteiger partial charge is 0.0569 e. The van der Waals surface area contributed by atoms with Crippen LogP contribution < -0.4 is 4.90 Å². The Bertz CT molecular complexity index is 715. The first kappa shape index (κ1) is 15.7. The zero-order chi connectivity index (χ0) is 16.7. The summed E-state index contributed by atoms with van der Waals surface area (Å²) in [6.45, 7) is 7.74. The van der Waals surface area contributed by atoms with Crippen LogP contribution in [-0.4, -0.2) is 49.5 Å². The molecule has 130 valence electrons. The second kappa shape index (κ2) is 6.35. The number of benzene rings is 2. The fraction of sp³-hybridized carbons (Fsp3) is 0.429. The number of anilines is 1. The molecule has 4 heteroatoms. The van der Waals surface area contributed by atoms with Gasteiger partial charge in [0.2, 0.25) is 0 Å². The average molecular weight is 353 g/mol. The summed E-state index contributed by atoms with van der Waals surface area (Å²) in [5, 5.41) is 0.708. The molecule has 0 amide bonds. The highest BCUT2D eigenvalue weighted by Crippen LogP contribution is 2.38. The number of rotatable bonds is 5. The van der Waals surface area contributed by atoms with Gasteiger partial charge in [0.05, 0.1) is 13.2 Å². The molecule has 0 atom stereocenters. The zero-order valence-corrected chi connectivity index (χ0v) is 15.3. The van der Waals surface area contributed by atoms with E-state index < -0.39 is 0 Å². The van der Waals surface area contributed by atoms with Crippen LogP contribution >= 0.6 is 11.8 Å². The van der Waals surface area contributed by atoms with Gasteiger partial charge >= 0.3 is 0 Å². The van der Waals surface area contributed by atoms with Gasteiger partial charge in [-0.15, -0.1) is 11.8 Å². The van der Waals surface area contributed by atoms with Crippen molar-refractivity contribution in [3.63, 3.8) is 0 Å². The maximum absolute atomic E-state index is 5.35. The third-order valence-corrected chi connectivity index (χ3v) is 6.71. The summed E-state index contributed by atoms with van der Waals surface area (Å²) >= 11 is 2.02. The lowest BCUT2D eigenvalue weighted by Crippen LogP contribution is -2.65. The van der Waals surface area contributed by atoms with Gasteiger partial charge in [0, 0.05) is 54.0 Å². The van der Waals surface area contributed by atoms with Crippen LogP contribution in [0, 0.1) is 5.41 Å². The van der Waals surface area contributed by atoms with Crippen LogP contribution in [0.1, 0.15) is 5.56 Å². The van der Waals surface area contributed by atoms with E-state index in [2.05, 4.69) is 64.4 Å². The number of nitrogens with zero attached hydrogens (tertiary/aromatic N) is 2. The summed E-state index contributed by atoms with van der Waals surface area (Å²) in [4.78, 5) is 6.39. The van der Waals surface area contributed by atoms with Crippen LogP contribution in [0.15, 0.2) is 59.5 Å². The molecule has 3 aliphatic rings. The minimum atomic E-state index is 0.518. The molecule has 2 aromatic rings. The van der Waals surface area contributed by atoms with Crippen molar-refractivity contribution in [2.75, 3.05) is 44.3 Å². The lowest BCUT2D eigenvalue weighted by Gasteiger charge is -2.55. The highest BCUT2D eigenvalue weighted by Gasteiger charge is 2.48. The van der Waals surface area contributed by atoms with Crippen LogP contribution in [0.3, 0.4) is 0 Å². The standard InChI is InChI=1S/C21H24N2OS/c1-2-4-18(5-3-1)23-11-20(12-23)25-19-8-6-17(7-9-19)10-22-13-21(14-22)15-24-16-21/h1-9,20H,10-16H2. The number of hydrogen-bond donors (Lipinski definition) is 0. The van der Waals surface area contributed by atoms with Gasteiger partial charge in [-0.1, -0.05) is 30.3 Å². The molecule has 0 aliphatic carbocycles. The summed E-state index contributed by atoms with van der Waals surface area (Å²) in [6.07, 6.45) is 0. The van der Waals surface area contributed by atoms with Crippen molar-refractivity contribution < 1.29 is 4.74 Å². The molecule has 2 aromatic carbocycles. The molecule has 0 N–H and O–H groups in total. The molecule has 0 radical (unpaired) electrons. The second-order valence-electron chi connectivity index (χ2n) is 7.76. The minimum Gasteiger partial charge on any atom is -0.380 e. The first-order valence-electron chi connectivity index (χ1n) is 9.14. The van der Waals surface area contributed by atoms with Crippen molar-refractivity contribution in [1.29, 1.82) is 0 Å². The first-order valence-corrected chi connectivity index (χ1v) is 10.0. The number of hydrogen-bond acceptors (Lipinski definition) is 4. The largest absolute Gasteiger partial charge is 0.380 e. The average Bonchev–Trinajstić information content (AvgIpc) is 2.54. The van der Waals surface area contributed by atoms with E-state index in [4.69, 9.17) is 4.74 Å². The summed E-state index contributed by atoms with van der Waals surface area (Å²) in [6, 6.07) is 19.9. The number of para-hydroxylation sites is 1. The summed E-state index contributed by atoms with van der Waals surface area (Å²) < 4.78 is 5.35. The van der Waals surface area contributed by atoms with Gasteiger partial charge in [0.1, 0.15) is 0 Å². The summed E-state index contributed by atoms with van der Waals surface area (Å²) in [7, 11) is 0. The van der Waals surface area contributed by atoms with E-state index in [9.17, 15) is 0 Å². The third-order valence-electron chi connectivity index (χ3n) is 5.54. The molecule has 0 aromatic heterocycles. The molecular formula is C21H24N2OS. The molecule has 3 heterocycles. The summed E-state index contributed by atoms with van der Waals surface area (Å²) in [5.74, 6) is 0. The van der Waals surface area contributed by atoms with E-state index in [-0.39, 0.29) is 0 Å². The monoisotopic (exact) mass is 352 g/mol. The molecule has 0 unspecified atom stereocenters. The van der Waals surface area contributed by atoms with Crippen molar-refractivity contribution in [3.05, 3.63) is 60.2 Å². The van der Waals surface area contributed by atoms with Crippen LogP contribution in [-0.2, 0) is 11.3 Å². The lowest BCUT2D eigenvalue weighted by atomic mass is 9.78. The predicted molar refractivity (Wildman–Crippen MR) is 103 cm³/mol. The molecule has 0 bridgehead atoms. The molecule has 3 saturated heterocycles. The van der Waals surface area contributed by atoms with Gasteiger partial charge in [-0.3, -0.25) is 4.90 Å². The topological polar surface area (TPSA) is 15.7 Å². The maximum atomic E-state index is 5.35. The fourth-order valence-electron chi connectivity index (χ4n) is 4.07. The minimum absolute atomic E-state index is 0.518. The number of thioether (sulfide) groups is 1. The van der Waals surface area contributed by atoms with Crippen LogP contribution in [0.25, 0.3) is 0 Å². The quantitative estimate of drug-likeness (QED) is 0.818. The van der Waals surface area contributed by atoms with Gasteiger partial charge in [-0.25, -0.2) is 0 Å². The molecule has 3 nitrogen and oxygen atoms in total. The van der Waals surface area contributed by atoms with E-state index in [1.54, 1.807) is 0 Å². The third kappa shape index (κ3) is 3.19. The molecule has 5 rings (SSSR count). The van der Waals surface area contributed by atoms with E-state index in [0.717, 1.165) is 32.8 Å². The Morgan fingerprint density at radius 3 is 2.32 bits per heavy atom. The van der Waals surface area contributed by atoms with Crippen molar-refractivity contribution in [2.45, 2.75) is 16.7 Å². The molecule has 25 heavy (non-hydrogen) atoms. The van der Waals surface area contributed by atoms with E-state index >= 15 is 0 Å². The normalized spacial score (nSPS) is 22.3. The Labute approximate surface area is 154 Å². The molecular weight excluding hydrogens is 328 g/mol. The highest BCUT2D eigenvalue weighted by molar-refractivity contribution is 8.00. The Kier molecular flexibility index (Phi) is 4.00. The number of likely N-dealkylation sites (tertiary alicyclic amines) is 1. The Morgan fingerprint density at radius 1 is 0.960 bits per heavy atom. The predicted octanol–water partition coefficient (Wildman–Crippen LogP) is 3.50. The molecule has 3 fully saturated rings. The van der Waals surface area contributed by atoms with Gasteiger partial charge < -0.3 is 9.64 Å². The van der Waals surface area contributed by atoms with E-state index in [1.807, 2.05) is 11.8 Å². The van der Waals surface area contributed by atoms with E-state index in [0.29, 0.717) is 10.7 Å². The van der Waals surface area contributed by atoms with Gasteiger partial charge in [-0.2, -0.15) is 0 Å². The number of ether oxygens (including phenoxy) is 1. The maximum Gasteiger partial charge on any atom is 0.0569 e. The van der Waals surface area contributed by atoms with Gasteiger partial charge in [-0.05, 0) is 29.8 Å². The zero-order valence-electron chi connectivity index (χ0n) is 14.4. The van der Waals surface area contributed by atoms with Crippen molar-refractivity contribution in [2.24, 2.45) is 5.41 Å². The van der Waals surface area contributed by atoms with Gasteiger partial charge in [0.25, 0.3) is 0 Å². The van der Waals surface area contributed by atoms with Crippen molar-refractivity contribution >= 4 is 17.4 Å². The molecule has 1 spiro atoms. The Hall–Kier alpha value is -1.49. The van der Waals surface area contributed by atoms with Crippen LogP contribution in [0.5, 0.6) is 0 Å². The highest BCUT2D eigenvalue weighted by atomic mass is 32.2. The molecule has 0 saturated carbocycles. The van der Waals surface area contributed by atoms with Crippen molar-refractivity contribution in [3.8, 4) is 0 Å². The molecule has 3 aliphatic heterocycles. The van der Waals surface area contributed by atoms with Crippen LogP contribution in [0.2, 0.25) is 0 Å². The lowest BCUT2D eigenvalue weighted by molar-refractivity contribution is -0.191. The summed E-state index contributed by atoms with van der Waals surface area (Å²) in [5.41, 5.74) is 3.29.